The Labute approximate surface area is 154 Å². The molecule has 0 aliphatic heterocycles. The Morgan fingerprint density at radius 1 is 0.769 bits per heavy atom. The molecule has 0 amide bonds. The number of carbonyl (C=O) groups is 1. The Bertz CT molecular complexity index is 837. The molecule has 26 heavy (non-hydrogen) atoms. The van der Waals surface area contributed by atoms with Gasteiger partial charge < -0.3 is 9.47 Å². The lowest BCUT2D eigenvalue weighted by atomic mass is 9.85. The number of hydrogen-bond donors (Lipinski definition) is 0. The number of benzene rings is 3. The maximum absolute atomic E-state index is 13.2. The summed E-state index contributed by atoms with van der Waals surface area (Å²) in [6.45, 7) is 0. The van der Waals surface area contributed by atoms with E-state index in [4.69, 9.17) is 9.47 Å². The Balaban J connectivity index is 1.93. The van der Waals surface area contributed by atoms with Crippen molar-refractivity contribution in [2.24, 2.45) is 0 Å². The first-order valence-corrected chi connectivity index (χ1v) is 8.57. The largest absolute Gasteiger partial charge is 0.497 e. The van der Waals surface area contributed by atoms with E-state index in [2.05, 4.69) is 12.1 Å². The summed E-state index contributed by atoms with van der Waals surface area (Å²) in [5, 5.41) is 0. The SMILES string of the molecule is COc1ccc(C(=O)C(Cc2ccccc2)c2ccc(OC)cc2)cc1. The van der Waals surface area contributed by atoms with Crippen LogP contribution in [0.1, 0.15) is 27.4 Å². The third-order valence-electron chi connectivity index (χ3n) is 4.49. The molecule has 0 bridgehead atoms. The van der Waals surface area contributed by atoms with Crippen LogP contribution in [0.15, 0.2) is 78.9 Å². The van der Waals surface area contributed by atoms with Gasteiger partial charge >= 0.3 is 0 Å². The Morgan fingerprint density at radius 3 is 1.85 bits per heavy atom. The molecule has 0 saturated carbocycles. The molecule has 1 unspecified atom stereocenters. The van der Waals surface area contributed by atoms with Gasteiger partial charge in [0.25, 0.3) is 0 Å². The average Bonchev–Trinajstić information content (AvgIpc) is 2.72. The first-order chi connectivity index (χ1) is 12.7. The highest BCUT2D eigenvalue weighted by Gasteiger charge is 2.22. The van der Waals surface area contributed by atoms with E-state index >= 15 is 0 Å². The van der Waals surface area contributed by atoms with Crippen LogP contribution in [0.4, 0.5) is 0 Å². The van der Waals surface area contributed by atoms with E-state index in [0.29, 0.717) is 12.0 Å². The topological polar surface area (TPSA) is 35.5 Å². The molecule has 0 fully saturated rings. The van der Waals surface area contributed by atoms with E-state index in [1.54, 1.807) is 14.2 Å². The van der Waals surface area contributed by atoms with Crippen LogP contribution in [0, 0.1) is 0 Å². The van der Waals surface area contributed by atoms with Crippen LogP contribution in [0.2, 0.25) is 0 Å². The summed E-state index contributed by atoms with van der Waals surface area (Å²) in [6.07, 6.45) is 0.651. The normalized spacial score (nSPS) is 11.6. The second-order valence-corrected chi connectivity index (χ2v) is 6.11. The van der Waals surface area contributed by atoms with Crippen LogP contribution < -0.4 is 9.47 Å². The van der Waals surface area contributed by atoms with E-state index in [-0.39, 0.29) is 11.7 Å². The van der Waals surface area contributed by atoms with Crippen LogP contribution in [-0.4, -0.2) is 20.0 Å². The average molecular weight is 346 g/mol. The minimum absolute atomic E-state index is 0.0988. The predicted molar refractivity (Wildman–Crippen MR) is 103 cm³/mol. The van der Waals surface area contributed by atoms with E-state index in [1.807, 2.05) is 66.7 Å². The first-order valence-electron chi connectivity index (χ1n) is 8.57. The summed E-state index contributed by atoms with van der Waals surface area (Å²) in [4.78, 5) is 13.2. The minimum Gasteiger partial charge on any atom is -0.497 e. The molecule has 3 aromatic rings. The Hall–Kier alpha value is -3.07. The van der Waals surface area contributed by atoms with Crippen molar-refractivity contribution in [3.8, 4) is 11.5 Å². The Morgan fingerprint density at radius 2 is 1.31 bits per heavy atom. The molecular formula is C23H22O3. The summed E-state index contributed by atoms with van der Waals surface area (Å²) in [6, 6.07) is 25.1. The molecule has 132 valence electrons. The predicted octanol–water partition coefficient (Wildman–Crippen LogP) is 4.91. The molecule has 0 spiro atoms. The zero-order valence-corrected chi connectivity index (χ0v) is 15.0. The van der Waals surface area contributed by atoms with Crippen LogP contribution in [0.3, 0.4) is 0 Å². The maximum atomic E-state index is 13.2. The number of rotatable bonds is 7. The van der Waals surface area contributed by atoms with Crippen molar-refractivity contribution in [3.05, 3.63) is 95.6 Å². The lowest BCUT2D eigenvalue weighted by Crippen LogP contribution is -2.16. The van der Waals surface area contributed by atoms with Crippen molar-refractivity contribution in [2.75, 3.05) is 14.2 Å². The van der Waals surface area contributed by atoms with Crippen LogP contribution in [0.25, 0.3) is 0 Å². The molecule has 0 aliphatic rings. The monoisotopic (exact) mass is 346 g/mol. The first kappa shape index (κ1) is 17.7. The fraction of sp³-hybridized carbons (Fsp3) is 0.174. The second-order valence-electron chi connectivity index (χ2n) is 6.11. The van der Waals surface area contributed by atoms with Gasteiger partial charge in [0.15, 0.2) is 5.78 Å². The molecular weight excluding hydrogens is 324 g/mol. The van der Waals surface area contributed by atoms with Gasteiger partial charge in [-0.1, -0.05) is 42.5 Å². The smallest absolute Gasteiger partial charge is 0.170 e. The minimum atomic E-state index is -0.253. The number of ketones is 1. The fourth-order valence-electron chi connectivity index (χ4n) is 3.00. The number of ether oxygens (including phenoxy) is 2. The van der Waals surface area contributed by atoms with Gasteiger partial charge in [0, 0.05) is 5.56 Å². The van der Waals surface area contributed by atoms with Gasteiger partial charge in [0.2, 0.25) is 0 Å². The molecule has 0 N–H and O–H groups in total. The molecule has 3 heteroatoms. The van der Waals surface area contributed by atoms with Gasteiger partial charge in [-0.05, 0) is 53.9 Å². The summed E-state index contributed by atoms with van der Waals surface area (Å²) in [5.41, 5.74) is 2.80. The molecule has 0 aromatic heterocycles. The van der Waals surface area contributed by atoms with Crippen LogP contribution in [0.5, 0.6) is 11.5 Å². The van der Waals surface area contributed by atoms with Crippen molar-refractivity contribution < 1.29 is 14.3 Å². The van der Waals surface area contributed by atoms with Crippen LogP contribution in [-0.2, 0) is 6.42 Å². The zero-order valence-electron chi connectivity index (χ0n) is 15.0. The molecule has 0 saturated heterocycles. The number of Topliss-reactive ketones (excluding diaryl/α,β-unsaturated/α-hetero) is 1. The van der Waals surface area contributed by atoms with Gasteiger partial charge in [0.05, 0.1) is 20.1 Å². The van der Waals surface area contributed by atoms with Crippen LogP contribution >= 0.6 is 0 Å². The summed E-state index contributed by atoms with van der Waals surface area (Å²) < 4.78 is 10.4. The molecule has 3 rings (SSSR count). The number of methoxy groups -OCH3 is 2. The van der Waals surface area contributed by atoms with E-state index in [0.717, 1.165) is 22.6 Å². The van der Waals surface area contributed by atoms with Gasteiger partial charge in [-0.2, -0.15) is 0 Å². The Kier molecular flexibility index (Phi) is 5.69. The van der Waals surface area contributed by atoms with E-state index in [1.165, 1.54) is 0 Å². The molecule has 1 atom stereocenters. The maximum Gasteiger partial charge on any atom is 0.170 e. The quantitative estimate of drug-likeness (QED) is 0.570. The van der Waals surface area contributed by atoms with Crippen molar-refractivity contribution >= 4 is 5.78 Å². The van der Waals surface area contributed by atoms with Gasteiger partial charge in [-0.25, -0.2) is 0 Å². The molecule has 3 aromatic carbocycles. The van der Waals surface area contributed by atoms with Crippen molar-refractivity contribution in [2.45, 2.75) is 12.3 Å². The van der Waals surface area contributed by atoms with Gasteiger partial charge in [0.1, 0.15) is 11.5 Å². The zero-order chi connectivity index (χ0) is 18.4. The van der Waals surface area contributed by atoms with Gasteiger partial charge in [-0.3, -0.25) is 4.79 Å². The summed E-state index contributed by atoms with van der Waals surface area (Å²) in [5.74, 6) is 1.37. The standard InChI is InChI=1S/C23H22O3/c1-25-20-12-8-18(9-13-20)22(16-17-6-4-3-5-7-17)23(24)19-10-14-21(26-2)15-11-19/h3-15,22H,16H2,1-2H3. The molecule has 3 nitrogen and oxygen atoms in total. The second kappa shape index (κ2) is 8.34. The summed E-state index contributed by atoms with van der Waals surface area (Å²) >= 11 is 0. The highest BCUT2D eigenvalue weighted by molar-refractivity contribution is 6.01. The molecule has 0 heterocycles. The van der Waals surface area contributed by atoms with E-state index < -0.39 is 0 Å². The van der Waals surface area contributed by atoms with Crippen molar-refractivity contribution in [1.82, 2.24) is 0 Å². The van der Waals surface area contributed by atoms with E-state index in [9.17, 15) is 4.79 Å². The molecule has 0 aliphatic carbocycles. The lowest BCUT2D eigenvalue weighted by Gasteiger charge is -2.17. The number of hydrogen-bond acceptors (Lipinski definition) is 3. The molecule has 0 radical (unpaired) electrons. The third-order valence-corrected chi connectivity index (χ3v) is 4.49. The van der Waals surface area contributed by atoms with Crippen molar-refractivity contribution in [1.29, 1.82) is 0 Å². The highest BCUT2D eigenvalue weighted by atomic mass is 16.5. The van der Waals surface area contributed by atoms with Gasteiger partial charge in [-0.15, -0.1) is 0 Å². The number of carbonyl (C=O) groups excluding carboxylic acids is 1. The highest BCUT2D eigenvalue weighted by Crippen LogP contribution is 2.27. The lowest BCUT2D eigenvalue weighted by molar-refractivity contribution is 0.0959. The fourth-order valence-corrected chi connectivity index (χ4v) is 3.00. The summed E-state index contributed by atoms with van der Waals surface area (Å²) in [7, 11) is 3.26. The third kappa shape index (κ3) is 4.12. The van der Waals surface area contributed by atoms with Crippen molar-refractivity contribution in [3.63, 3.8) is 0 Å².